The number of benzene rings is 1. The first-order chi connectivity index (χ1) is 13.0. The fraction of sp³-hybridized carbons (Fsp3) is 0.720. The van der Waals surface area contributed by atoms with Crippen LogP contribution in [0.2, 0.25) is 0 Å². The first-order valence-electron chi connectivity index (χ1n) is 11.3. The average Bonchev–Trinajstić information content (AvgIpc) is 2.69. The lowest BCUT2D eigenvalue weighted by atomic mass is 9.64. The summed E-state index contributed by atoms with van der Waals surface area (Å²) in [5, 5.41) is 9.43. The second-order valence-electron chi connectivity index (χ2n) is 9.51. The van der Waals surface area contributed by atoms with Gasteiger partial charge in [-0.2, -0.15) is 0 Å². The highest BCUT2D eigenvalue weighted by Gasteiger charge is 2.40. The summed E-state index contributed by atoms with van der Waals surface area (Å²) in [5.74, 6) is 1.73. The van der Waals surface area contributed by atoms with Crippen molar-refractivity contribution in [3.63, 3.8) is 0 Å². The van der Waals surface area contributed by atoms with E-state index in [9.17, 15) is 9.90 Å². The highest BCUT2D eigenvalue weighted by Crippen LogP contribution is 2.47. The topological polar surface area (TPSA) is 37.3 Å². The molecule has 27 heavy (non-hydrogen) atoms. The normalized spacial score (nSPS) is 31.6. The van der Waals surface area contributed by atoms with Gasteiger partial charge in [0.2, 0.25) is 0 Å². The van der Waals surface area contributed by atoms with Gasteiger partial charge in [0.25, 0.3) is 0 Å². The van der Waals surface area contributed by atoms with Crippen molar-refractivity contribution in [3.05, 3.63) is 35.4 Å². The van der Waals surface area contributed by atoms with Crippen molar-refractivity contribution in [2.45, 2.75) is 96.8 Å². The zero-order valence-corrected chi connectivity index (χ0v) is 17.4. The molecule has 0 unspecified atom stereocenters. The first kappa shape index (κ1) is 20.4. The van der Waals surface area contributed by atoms with Crippen LogP contribution in [0.1, 0.15) is 102 Å². The van der Waals surface area contributed by atoms with Crippen LogP contribution in [-0.4, -0.2) is 11.1 Å². The van der Waals surface area contributed by atoms with Crippen molar-refractivity contribution in [2.24, 2.45) is 17.3 Å². The molecule has 0 heterocycles. The summed E-state index contributed by atoms with van der Waals surface area (Å²) >= 11 is 0. The Morgan fingerprint density at radius 3 is 2.11 bits per heavy atom. The van der Waals surface area contributed by atoms with Crippen molar-refractivity contribution in [1.82, 2.24) is 0 Å². The Balaban J connectivity index is 1.46. The number of carboxylic acids is 1. The molecule has 3 rings (SSSR count). The Kier molecular flexibility index (Phi) is 7.00. The molecule has 150 valence electrons. The molecule has 0 spiro atoms. The molecule has 2 nitrogen and oxygen atoms in total. The summed E-state index contributed by atoms with van der Waals surface area (Å²) in [6, 6.07) is 9.46. The van der Waals surface area contributed by atoms with Gasteiger partial charge in [-0.15, -0.1) is 0 Å². The molecule has 0 aromatic heterocycles. The van der Waals surface area contributed by atoms with Gasteiger partial charge in [0, 0.05) is 0 Å². The number of hydrogen-bond donors (Lipinski definition) is 1. The number of carboxylic acid groups (broad SMARTS) is 1. The van der Waals surface area contributed by atoms with Gasteiger partial charge < -0.3 is 5.11 Å². The standard InChI is InChI=1S/C25H38O2/c1-3-4-5-6-19-7-9-20(10-8-19)21-11-13-22(14-12-21)23-15-17-25(2,18-16-23)24(26)27/h7-10,21-23H,3-6,11-18H2,1-2H3,(H,26,27). The number of aryl methyl sites for hydroxylation is 1. The van der Waals surface area contributed by atoms with Gasteiger partial charge in [-0.3, -0.25) is 4.79 Å². The lowest BCUT2D eigenvalue weighted by Crippen LogP contribution is -2.35. The smallest absolute Gasteiger partial charge is 0.309 e. The molecule has 0 amide bonds. The largest absolute Gasteiger partial charge is 0.481 e. The molecule has 0 aliphatic heterocycles. The number of hydrogen-bond acceptors (Lipinski definition) is 1. The van der Waals surface area contributed by atoms with E-state index in [0.29, 0.717) is 0 Å². The van der Waals surface area contributed by atoms with E-state index >= 15 is 0 Å². The Labute approximate surface area is 165 Å². The van der Waals surface area contributed by atoms with Crippen LogP contribution in [0.4, 0.5) is 0 Å². The first-order valence-corrected chi connectivity index (χ1v) is 11.3. The van der Waals surface area contributed by atoms with Gasteiger partial charge in [0.15, 0.2) is 0 Å². The average molecular weight is 371 g/mol. The van der Waals surface area contributed by atoms with Crippen molar-refractivity contribution in [2.75, 3.05) is 0 Å². The maximum absolute atomic E-state index is 11.5. The number of carbonyl (C=O) groups is 1. The molecular weight excluding hydrogens is 332 g/mol. The van der Waals surface area contributed by atoms with E-state index in [4.69, 9.17) is 0 Å². The van der Waals surface area contributed by atoms with E-state index in [0.717, 1.165) is 43.4 Å². The van der Waals surface area contributed by atoms with E-state index in [1.54, 1.807) is 0 Å². The highest BCUT2D eigenvalue weighted by atomic mass is 16.4. The summed E-state index contributed by atoms with van der Waals surface area (Å²) in [6.07, 6.45) is 14.4. The summed E-state index contributed by atoms with van der Waals surface area (Å²) < 4.78 is 0. The molecule has 1 aromatic rings. The minimum Gasteiger partial charge on any atom is -0.481 e. The summed E-state index contributed by atoms with van der Waals surface area (Å²) in [7, 11) is 0. The van der Waals surface area contributed by atoms with Gasteiger partial charge >= 0.3 is 5.97 Å². The van der Waals surface area contributed by atoms with Crippen LogP contribution in [0.5, 0.6) is 0 Å². The van der Waals surface area contributed by atoms with Crippen molar-refractivity contribution >= 4 is 5.97 Å². The zero-order chi connectivity index (χ0) is 19.3. The highest BCUT2D eigenvalue weighted by molar-refractivity contribution is 5.74. The van der Waals surface area contributed by atoms with Gasteiger partial charge in [-0.05, 0) is 100 Å². The molecular formula is C25H38O2. The molecule has 0 saturated heterocycles. The van der Waals surface area contributed by atoms with Gasteiger partial charge in [0.1, 0.15) is 0 Å². The van der Waals surface area contributed by atoms with E-state index in [1.165, 1.54) is 62.5 Å². The molecule has 0 radical (unpaired) electrons. The number of aliphatic carboxylic acids is 1. The Hall–Kier alpha value is -1.31. The van der Waals surface area contributed by atoms with Crippen molar-refractivity contribution in [1.29, 1.82) is 0 Å². The molecule has 2 aliphatic carbocycles. The Morgan fingerprint density at radius 1 is 0.963 bits per heavy atom. The van der Waals surface area contributed by atoms with Crippen molar-refractivity contribution in [3.8, 4) is 0 Å². The van der Waals surface area contributed by atoms with Crippen molar-refractivity contribution < 1.29 is 9.90 Å². The quantitative estimate of drug-likeness (QED) is 0.526. The SMILES string of the molecule is CCCCCc1ccc(C2CCC(C3CCC(C)(C(=O)O)CC3)CC2)cc1. The number of unbranched alkanes of at least 4 members (excludes halogenated alkanes) is 2. The zero-order valence-electron chi connectivity index (χ0n) is 17.4. The molecule has 2 aliphatic rings. The fourth-order valence-corrected chi connectivity index (χ4v) is 5.42. The van der Waals surface area contributed by atoms with Crippen LogP contribution in [0.15, 0.2) is 24.3 Å². The molecule has 0 atom stereocenters. The summed E-state index contributed by atoms with van der Waals surface area (Å²) in [4.78, 5) is 11.5. The van der Waals surface area contributed by atoms with Crippen LogP contribution in [0, 0.1) is 17.3 Å². The summed E-state index contributed by atoms with van der Waals surface area (Å²) in [5.41, 5.74) is 2.56. The van der Waals surface area contributed by atoms with E-state index < -0.39 is 11.4 Å². The molecule has 2 fully saturated rings. The second-order valence-corrected chi connectivity index (χ2v) is 9.51. The fourth-order valence-electron chi connectivity index (χ4n) is 5.42. The Morgan fingerprint density at radius 2 is 1.56 bits per heavy atom. The predicted octanol–water partition coefficient (Wildman–Crippen LogP) is 6.97. The predicted molar refractivity (Wildman–Crippen MR) is 112 cm³/mol. The molecule has 2 heteroatoms. The van der Waals surface area contributed by atoms with Gasteiger partial charge in [-0.1, -0.05) is 44.0 Å². The van der Waals surface area contributed by atoms with E-state index in [2.05, 4.69) is 31.2 Å². The minimum absolute atomic E-state index is 0.466. The van der Waals surface area contributed by atoms with Crippen LogP contribution >= 0.6 is 0 Å². The maximum Gasteiger partial charge on any atom is 0.309 e. The van der Waals surface area contributed by atoms with E-state index in [-0.39, 0.29) is 0 Å². The lowest BCUT2D eigenvalue weighted by molar-refractivity contribution is -0.150. The summed E-state index contributed by atoms with van der Waals surface area (Å²) in [6.45, 7) is 4.20. The molecule has 1 N–H and O–H groups in total. The van der Waals surface area contributed by atoms with Gasteiger partial charge in [-0.25, -0.2) is 0 Å². The van der Waals surface area contributed by atoms with Crippen LogP contribution in [0.3, 0.4) is 0 Å². The van der Waals surface area contributed by atoms with Crippen LogP contribution in [-0.2, 0) is 11.2 Å². The lowest BCUT2D eigenvalue weighted by Gasteiger charge is -2.40. The monoisotopic (exact) mass is 370 g/mol. The molecule has 2 saturated carbocycles. The molecule has 0 bridgehead atoms. The number of rotatable bonds is 7. The van der Waals surface area contributed by atoms with E-state index in [1.807, 2.05) is 6.92 Å². The second kappa shape index (κ2) is 9.26. The van der Waals surface area contributed by atoms with Crippen LogP contribution in [0.25, 0.3) is 0 Å². The Bertz CT molecular complexity index is 587. The third-order valence-corrected chi connectivity index (χ3v) is 7.61. The molecule has 1 aromatic carbocycles. The maximum atomic E-state index is 11.5. The third-order valence-electron chi connectivity index (χ3n) is 7.61. The van der Waals surface area contributed by atoms with Gasteiger partial charge in [0.05, 0.1) is 5.41 Å². The third kappa shape index (κ3) is 5.15. The van der Waals surface area contributed by atoms with Crippen LogP contribution < -0.4 is 0 Å². The minimum atomic E-state index is -0.595.